The van der Waals surface area contributed by atoms with E-state index in [4.69, 9.17) is 22.1 Å². The van der Waals surface area contributed by atoms with Crippen molar-refractivity contribution in [3.63, 3.8) is 0 Å². The number of nitrogens with zero attached hydrogens (tertiary/aromatic N) is 2. The number of pyridine rings is 1. The number of rotatable bonds is 5. The Morgan fingerprint density at radius 2 is 2.26 bits per heavy atom. The van der Waals surface area contributed by atoms with Crippen LogP contribution in [0.4, 0.5) is 5.69 Å². The van der Waals surface area contributed by atoms with Gasteiger partial charge in [-0.15, -0.1) is 0 Å². The Bertz CT molecular complexity index is 890. The molecular formula is C19H21ClN4O2S. The molecule has 1 aliphatic heterocycles. The van der Waals surface area contributed by atoms with Crippen LogP contribution in [0.5, 0.6) is 5.75 Å². The van der Waals surface area contributed by atoms with E-state index in [9.17, 15) is 4.79 Å². The number of hydrogen-bond donors (Lipinski definition) is 2. The van der Waals surface area contributed by atoms with E-state index in [0.717, 1.165) is 17.7 Å². The Balaban J connectivity index is 1.85. The number of aromatic nitrogens is 1. The van der Waals surface area contributed by atoms with Crippen molar-refractivity contribution in [3.05, 3.63) is 52.8 Å². The number of ether oxygens (including phenoxy) is 1. The van der Waals surface area contributed by atoms with Crippen LogP contribution in [0, 0.1) is 0 Å². The molecule has 1 aromatic carbocycles. The number of benzene rings is 1. The predicted octanol–water partition coefficient (Wildman–Crippen LogP) is 4.05. The number of nitrogens with one attached hydrogen (secondary N) is 1. The molecule has 1 unspecified atom stereocenters. The third kappa shape index (κ3) is 4.54. The molecule has 0 spiro atoms. The molecule has 2 heterocycles. The Hall–Kier alpha value is -2.25. The molecule has 2 aromatic rings. The standard InChI is InChI=1S/C19H21ClN4O2S/c1-3-26-15-10-13(20)11-22-16(15)17(25)23-14-6-4-5-12(9-14)19(2)7-8-27-18(21)24-19/h4-6,9-11H,3,7-8H2,1-2H3,(H2,21,24)(H,23,25). The second-order valence-corrected chi connectivity index (χ2v) is 7.84. The van der Waals surface area contributed by atoms with Gasteiger partial charge in [0.25, 0.3) is 5.91 Å². The zero-order chi connectivity index (χ0) is 19.4. The van der Waals surface area contributed by atoms with E-state index in [-0.39, 0.29) is 11.6 Å². The zero-order valence-electron chi connectivity index (χ0n) is 15.2. The van der Waals surface area contributed by atoms with Crippen molar-refractivity contribution in [2.75, 3.05) is 17.7 Å². The first kappa shape index (κ1) is 19.5. The van der Waals surface area contributed by atoms with Gasteiger partial charge in [0.1, 0.15) is 0 Å². The lowest BCUT2D eigenvalue weighted by atomic mass is 9.89. The van der Waals surface area contributed by atoms with Gasteiger partial charge in [0.15, 0.2) is 16.6 Å². The molecule has 3 N–H and O–H groups in total. The molecule has 8 heteroatoms. The number of thioether (sulfide) groups is 1. The summed E-state index contributed by atoms with van der Waals surface area (Å²) in [7, 11) is 0. The van der Waals surface area contributed by atoms with Gasteiger partial charge in [-0.2, -0.15) is 0 Å². The topological polar surface area (TPSA) is 89.6 Å². The summed E-state index contributed by atoms with van der Waals surface area (Å²) in [5.41, 5.74) is 7.36. The van der Waals surface area contributed by atoms with Crippen molar-refractivity contribution in [3.8, 4) is 5.75 Å². The van der Waals surface area contributed by atoms with E-state index in [2.05, 4.69) is 22.2 Å². The van der Waals surface area contributed by atoms with E-state index in [0.29, 0.717) is 28.2 Å². The summed E-state index contributed by atoms with van der Waals surface area (Å²) in [5, 5.41) is 3.88. The summed E-state index contributed by atoms with van der Waals surface area (Å²) >= 11 is 7.51. The number of anilines is 1. The molecule has 1 amide bonds. The largest absolute Gasteiger partial charge is 0.491 e. The van der Waals surface area contributed by atoms with Gasteiger partial charge in [-0.05, 0) is 38.0 Å². The molecule has 0 saturated heterocycles. The molecule has 3 rings (SSSR count). The minimum absolute atomic E-state index is 0.189. The van der Waals surface area contributed by atoms with Gasteiger partial charge in [0, 0.05) is 23.7 Å². The van der Waals surface area contributed by atoms with Crippen LogP contribution in [0.25, 0.3) is 0 Å². The Morgan fingerprint density at radius 1 is 1.44 bits per heavy atom. The van der Waals surface area contributed by atoms with Crippen molar-refractivity contribution < 1.29 is 9.53 Å². The fourth-order valence-electron chi connectivity index (χ4n) is 2.87. The molecule has 0 saturated carbocycles. The van der Waals surface area contributed by atoms with Crippen LogP contribution in [0.1, 0.15) is 36.3 Å². The number of amidine groups is 1. The van der Waals surface area contributed by atoms with Crippen LogP contribution in [0.15, 0.2) is 41.5 Å². The van der Waals surface area contributed by atoms with Gasteiger partial charge < -0.3 is 15.8 Å². The molecule has 0 aliphatic carbocycles. The molecule has 0 bridgehead atoms. The molecule has 6 nitrogen and oxygen atoms in total. The van der Waals surface area contributed by atoms with Crippen molar-refractivity contribution in [1.29, 1.82) is 0 Å². The number of hydrogen-bond acceptors (Lipinski definition) is 6. The summed E-state index contributed by atoms with van der Waals surface area (Å²) in [6, 6.07) is 9.21. The lowest BCUT2D eigenvalue weighted by molar-refractivity contribution is 0.101. The van der Waals surface area contributed by atoms with Gasteiger partial charge in [-0.3, -0.25) is 9.79 Å². The molecule has 1 aromatic heterocycles. The lowest BCUT2D eigenvalue weighted by Gasteiger charge is -2.30. The number of nitrogens with two attached hydrogens (primary N) is 1. The van der Waals surface area contributed by atoms with Gasteiger partial charge in [0.05, 0.1) is 17.2 Å². The number of carbonyl (C=O) groups excluding carboxylic acids is 1. The number of halogens is 1. The number of amides is 1. The van der Waals surface area contributed by atoms with Crippen LogP contribution < -0.4 is 15.8 Å². The smallest absolute Gasteiger partial charge is 0.278 e. The molecule has 1 aliphatic rings. The van der Waals surface area contributed by atoms with Gasteiger partial charge in [0.2, 0.25) is 0 Å². The van der Waals surface area contributed by atoms with E-state index >= 15 is 0 Å². The Labute approximate surface area is 167 Å². The highest BCUT2D eigenvalue weighted by Gasteiger charge is 2.29. The minimum Gasteiger partial charge on any atom is -0.491 e. The van der Waals surface area contributed by atoms with Gasteiger partial charge in [-0.25, -0.2) is 4.98 Å². The Kier molecular flexibility index (Phi) is 5.92. The highest BCUT2D eigenvalue weighted by atomic mass is 35.5. The maximum atomic E-state index is 12.7. The monoisotopic (exact) mass is 404 g/mol. The van der Waals surface area contributed by atoms with Crippen LogP contribution >= 0.6 is 23.4 Å². The molecule has 0 radical (unpaired) electrons. The predicted molar refractivity (Wildman–Crippen MR) is 111 cm³/mol. The second-order valence-electron chi connectivity index (χ2n) is 6.29. The SMILES string of the molecule is CCOc1cc(Cl)cnc1C(=O)Nc1cccc(C2(C)CCSC(N)=N2)c1. The second kappa shape index (κ2) is 8.19. The first-order valence-electron chi connectivity index (χ1n) is 8.59. The average Bonchev–Trinajstić information content (AvgIpc) is 2.62. The highest BCUT2D eigenvalue weighted by Crippen LogP contribution is 2.36. The summed E-state index contributed by atoms with van der Waals surface area (Å²) in [6.45, 7) is 4.30. The lowest BCUT2D eigenvalue weighted by Crippen LogP contribution is -2.28. The maximum absolute atomic E-state index is 12.7. The molecular weight excluding hydrogens is 384 g/mol. The highest BCUT2D eigenvalue weighted by molar-refractivity contribution is 8.13. The maximum Gasteiger partial charge on any atom is 0.278 e. The fourth-order valence-corrected chi connectivity index (χ4v) is 4.00. The summed E-state index contributed by atoms with van der Waals surface area (Å²) in [4.78, 5) is 21.4. The molecule has 1 atom stereocenters. The summed E-state index contributed by atoms with van der Waals surface area (Å²) < 4.78 is 5.48. The summed E-state index contributed by atoms with van der Waals surface area (Å²) in [5.74, 6) is 0.904. The molecule has 0 fully saturated rings. The third-order valence-corrected chi connectivity index (χ3v) is 5.27. The first-order chi connectivity index (χ1) is 12.9. The third-order valence-electron chi connectivity index (χ3n) is 4.27. The molecule has 142 valence electrons. The van der Waals surface area contributed by atoms with Crippen molar-refractivity contribution in [2.45, 2.75) is 25.8 Å². The zero-order valence-corrected chi connectivity index (χ0v) is 16.7. The average molecular weight is 405 g/mol. The fraction of sp³-hybridized carbons (Fsp3) is 0.316. The number of aliphatic imine (C=N–C) groups is 1. The van der Waals surface area contributed by atoms with E-state index in [1.807, 2.05) is 31.2 Å². The quantitative estimate of drug-likeness (QED) is 0.784. The van der Waals surface area contributed by atoms with Gasteiger partial charge >= 0.3 is 0 Å². The normalized spacial score (nSPS) is 19.3. The van der Waals surface area contributed by atoms with Crippen molar-refractivity contribution >= 4 is 40.1 Å². The summed E-state index contributed by atoms with van der Waals surface area (Å²) in [6.07, 6.45) is 2.30. The van der Waals surface area contributed by atoms with E-state index in [1.165, 1.54) is 6.20 Å². The van der Waals surface area contributed by atoms with Crippen molar-refractivity contribution in [1.82, 2.24) is 4.98 Å². The number of carbonyl (C=O) groups is 1. The van der Waals surface area contributed by atoms with Crippen LogP contribution in [-0.4, -0.2) is 28.4 Å². The van der Waals surface area contributed by atoms with E-state index < -0.39 is 5.54 Å². The minimum atomic E-state index is -0.398. The Morgan fingerprint density at radius 3 is 3.00 bits per heavy atom. The van der Waals surface area contributed by atoms with Crippen LogP contribution in [0.3, 0.4) is 0 Å². The van der Waals surface area contributed by atoms with E-state index in [1.54, 1.807) is 17.8 Å². The first-order valence-corrected chi connectivity index (χ1v) is 9.96. The molecule has 27 heavy (non-hydrogen) atoms. The van der Waals surface area contributed by atoms with Crippen LogP contribution in [0.2, 0.25) is 5.02 Å². The van der Waals surface area contributed by atoms with Crippen LogP contribution in [-0.2, 0) is 5.54 Å². The van der Waals surface area contributed by atoms with Crippen molar-refractivity contribution in [2.24, 2.45) is 10.7 Å². The van der Waals surface area contributed by atoms with Gasteiger partial charge in [-0.1, -0.05) is 35.5 Å².